The summed E-state index contributed by atoms with van der Waals surface area (Å²) in [5.74, 6) is -2.86. The van der Waals surface area contributed by atoms with Crippen LogP contribution >= 0.6 is 0 Å². The van der Waals surface area contributed by atoms with Gasteiger partial charge in [0.05, 0.1) is 0 Å². The van der Waals surface area contributed by atoms with Gasteiger partial charge in [0.25, 0.3) is 5.79 Å². The summed E-state index contributed by atoms with van der Waals surface area (Å²) in [5, 5.41) is 17.7. The van der Waals surface area contributed by atoms with Crippen molar-refractivity contribution in [2.75, 3.05) is 0 Å². The molecule has 0 spiro atoms. The average Bonchev–Trinajstić information content (AvgIpc) is 3.25. The molecule has 1 heterocycles. The Morgan fingerprint density at radius 2 is 1.65 bits per heavy atom. The standard InChI is InChI=1S/C32H34N2O6/c1-19(2)21-15-16-24-26(18-21)39-32(38)23-14-10-9-13-22(23)27(35)31(24,32)34-28(36)25(17-20-11-7-6-8-12-20)33-29(37)40-30(3,4)5/h6-16,18-19,25,38H,17H2,1-5H3,(H,33,37)(H,34,36). The quantitative estimate of drug-likeness (QED) is 0.416. The lowest BCUT2D eigenvalue weighted by Gasteiger charge is -2.35. The Hall–Kier alpha value is -4.17. The van der Waals surface area contributed by atoms with Crippen molar-refractivity contribution in [1.29, 1.82) is 0 Å². The Kier molecular flexibility index (Phi) is 6.70. The molecule has 208 valence electrons. The van der Waals surface area contributed by atoms with Crippen LogP contribution in [0.4, 0.5) is 4.79 Å². The van der Waals surface area contributed by atoms with Crippen LogP contribution in [-0.4, -0.2) is 34.5 Å². The first-order valence-corrected chi connectivity index (χ1v) is 13.4. The van der Waals surface area contributed by atoms with Crippen LogP contribution in [0, 0.1) is 0 Å². The van der Waals surface area contributed by atoms with Crippen molar-refractivity contribution in [2.45, 2.75) is 69.9 Å². The first kappa shape index (κ1) is 27.4. The summed E-state index contributed by atoms with van der Waals surface area (Å²) >= 11 is 0. The van der Waals surface area contributed by atoms with Gasteiger partial charge in [-0.3, -0.25) is 9.59 Å². The fourth-order valence-electron chi connectivity index (χ4n) is 5.41. The molecule has 0 radical (unpaired) electrons. The van der Waals surface area contributed by atoms with Gasteiger partial charge in [-0.05, 0) is 43.9 Å². The fourth-order valence-corrected chi connectivity index (χ4v) is 5.41. The molecule has 1 aliphatic carbocycles. The molecule has 3 unspecified atom stereocenters. The van der Waals surface area contributed by atoms with E-state index in [1.165, 1.54) is 0 Å². The van der Waals surface area contributed by atoms with Gasteiger partial charge < -0.3 is 25.2 Å². The van der Waals surface area contributed by atoms with E-state index in [0.29, 0.717) is 11.3 Å². The highest BCUT2D eigenvalue weighted by Gasteiger charge is 2.71. The molecule has 0 saturated heterocycles. The number of alkyl carbamates (subject to hydrolysis) is 1. The minimum absolute atomic E-state index is 0.127. The zero-order chi connectivity index (χ0) is 28.9. The van der Waals surface area contributed by atoms with Crippen LogP contribution in [0.1, 0.15) is 73.1 Å². The highest BCUT2D eigenvalue weighted by Crippen LogP contribution is 2.58. The van der Waals surface area contributed by atoms with Gasteiger partial charge in [0.1, 0.15) is 17.4 Å². The number of nitrogens with one attached hydrogen (secondary N) is 2. The predicted octanol–water partition coefficient (Wildman–Crippen LogP) is 4.69. The second kappa shape index (κ2) is 9.78. The highest BCUT2D eigenvalue weighted by atomic mass is 16.6. The zero-order valence-corrected chi connectivity index (χ0v) is 23.3. The second-order valence-electron chi connectivity index (χ2n) is 11.7. The largest absolute Gasteiger partial charge is 0.454 e. The van der Waals surface area contributed by atoms with E-state index in [0.717, 1.165) is 11.1 Å². The van der Waals surface area contributed by atoms with Crippen molar-refractivity contribution < 1.29 is 29.0 Å². The Bertz CT molecular complexity index is 1480. The summed E-state index contributed by atoms with van der Waals surface area (Å²) in [6.45, 7) is 9.24. The number of ketones is 1. The third kappa shape index (κ3) is 4.52. The first-order valence-electron chi connectivity index (χ1n) is 13.4. The molecule has 3 aromatic carbocycles. The van der Waals surface area contributed by atoms with Gasteiger partial charge in [0.15, 0.2) is 0 Å². The Morgan fingerprint density at radius 3 is 2.33 bits per heavy atom. The van der Waals surface area contributed by atoms with Gasteiger partial charge >= 0.3 is 6.09 Å². The van der Waals surface area contributed by atoms with Gasteiger partial charge in [-0.25, -0.2) is 4.79 Å². The van der Waals surface area contributed by atoms with E-state index in [1.54, 1.807) is 57.2 Å². The molecule has 0 bridgehead atoms. The average molecular weight is 543 g/mol. The van der Waals surface area contributed by atoms with E-state index < -0.39 is 40.8 Å². The number of hydrogen-bond donors (Lipinski definition) is 3. The van der Waals surface area contributed by atoms with E-state index >= 15 is 0 Å². The van der Waals surface area contributed by atoms with E-state index in [4.69, 9.17) is 9.47 Å². The van der Waals surface area contributed by atoms with E-state index in [9.17, 15) is 19.5 Å². The lowest BCUT2D eigenvalue weighted by atomic mass is 9.82. The van der Waals surface area contributed by atoms with Crippen LogP contribution < -0.4 is 15.4 Å². The number of Topliss-reactive ketones (excluding diaryl/α,β-unsaturated/α-hetero) is 1. The minimum Gasteiger partial charge on any atom is -0.454 e. The number of carbonyl (C=O) groups is 3. The number of carbonyl (C=O) groups excluding carboxylic acids is 3. The molecule has 40 heavy (non-hydrogen) atoms. The van der Waals surface area contributed by atoms with Crippen molar-refractivity contribution >= 4 is 17.8 Å². The first-order chi connectivity index (χ1) is 18.9. The van der Waals surface area contributed by atoms with Gasteiger partial charge in [0.2, 0.25) is 17.2 Å². The second-order valence-corrected chi connectivity index (χ2v) is 11.7. The number of rotatable bonds is 6. The summed E-state index contributed by atoms with van der Waals surface area (Å²) in [5.41, 5.74) is -0.124. The van der Waals surface area contributed by atoms with E-state index in [1.807, 2.05) is 50.2 Å². The van der Waals surface area contributed by atoms with Gasteiger partial charge in [-0.2, -0.15) is 0 Å². The molecule has 0 saturated carbocycles. The summed E-state index contributed by atoms with van der Waals surface area (Å²) in [4.78, 5) is 41.0. The molecule has 1 aliphatic heterocycles. The van der Waals surface area contributed by atoms with Gasteiger partial charge in [-0.15, -0.1) is 0 Å². The smallest absolute Gasteiger partial charge is 0.408 e. The monoisotopic (exact) mass is 542 g/mol. The van der Waals surface area contributed by atoms with Crippen LogP contribution in [0.15, 0.2) is 72.8 Å². The fraction of sp³-hybridized carbons (Fsp3) is 0.344. The van der Waals surface area contributed by atoms with Crippen molar-refractivity contribution in [1.82, 2.24) is 10.6 Å². The molecule has 2 aliphatic rings. The Morgan fingerprint density at radius 1 is 0.975 bits per heavy atom. The summed E-state index contributed by atoms with van der Waals surface area (Å²) in [7, 11) is 0. The number of amides is 2. The minimum atomic E-state index is -2.18. The third-order valence-electron chi connectivity index (χ3n) is 7.32. The van der Waals surface area contributed by atoms with Crippen LogP contribution in [0.3, 0.4) is 0 Å². The molecule has 3 atom stereocenters. The Balaban J connectivity index is 1.58. The van der Waals surface area contributed by atoms with Crippen molar-refractivity contribution in [3.05, 3.63) is 101 Å². The molecular weight excluding hydrogens is 508 g/mol. The summed E-state index contributed by atoms with van der Waals surface area (Å²) in [6.07, 6.45) is -0.649. The number of fused-ring (bicyclic) bond motifs is 5. The predicted molar refractivity (Wildman–Crippen MR) is 149 cm³/mol. The maximum Gasteiger partial charge on any atom is 0.408 e. The highest BCUT2D eigenvalue weighted by molar-refractivity contribution is 6.12. The van der Waals surface area contributed by atoms with Crippen LogP contribution in [0.25, 0.3) is 0 Å². The van der Waals surface area contributed by atoms with Crippen LogP contribution in [0.2, 0.25) is 0 Å². The molecule has 2 amide bonds. The number of aliphatic hydroxyl groups is 1. The van der Waals surface area contributed by atoms with Crippen LogP contribution in [-0.2, 0) is 27.3 Å². The number of benzene rings is 3. The topological polar surface area (TPSA) is 114 Å². The van der Waals surface area contributed by atoms with Gasteiger partial charge in [0, 0.05) is 23.1 Å². The molecule has 3 N–H and O–H groups in total. The number of hydrogen-bond acceptors (Lipinski definition) is 6. The molecule has 8 heteroatoms. The van der Waals surface area contributed by atoms with Crippen molar-refractivity contribution in [3.63, 3.8) is 0 Å². The van der Waals surface area contributed by atoms with E-state index in [-0.39, 0.29) is 23.5 Å². The lowest BCUT2D eigenvalue weighted by molar-refractivity contribution is -0.175. The lowest BCUT2D eigenvalue weighted by Crippen LogP contribution is -2.63. The van der Waals surface area contributed by atoms with Crippen molar-refractivity contribution in [3.8, 4) is 5.75 Å². The maximum absolute atomic E-state index is 14.1. The summed E-state index contributed by atoms with van der Waals surface area (Å²) < 4.78 is 11.6. The molecule has 3 aromatic rings. The molecule has 0 fully saturated rings. The van der Waals surface area contributed by atoms with Crippen LogP contribution in [0.5, 0.6) is 5.75 Å². The molecular formula is C32H34N2O6. The van der Waals surface area contributed by atoms with E-state index in [2.05, 4.69) is 10.6 Å². The zero-order valence-electron chi connectivity index (χ0n) is 23.3. The van der Waals surface area contributed by atoms with Gasteiger partial charge in [-0.1, -0.05) is 80.6 Å². The third-order valence-corrected chi connectivity index (χ3v) is 7.32. The molecule has 0 aromatic heterocycles. The maximum atomic E-state index is 14.1. The Labute approximate surface area is 233 Å². The van der Waals surface area contributed by atoms with Crippen molar-refractivity contribution in [2.24, 2.45) is 0 Å². The SMILES string of the molecule is CC(C)c1ccc2c(c1)OC1(O)c3ccccc3C(=O)C21NC(=O)C(Cc1ccccc1)NC(=O)OC(C)(C)C. The molecule has 5 rings (SSSR count). The summed E-state index contributed by atoms with van der Waals surface area (Å²) in [6, 6.07) is 20.1. The molecule has 8 nitrogen and oxygen atoms in total. The normalized spacial score (nSPS) is 21.6. The number of ether oxygens (including phenoxy) is 2.